The zero-order valence-corrected chi connectivity index (χ0v) is 9.06. The van der Waals surface area contributed by atoms with Crippen LogP contribution < -0.4 is 5.73 Å². The summed E-state index contributed by atoms with van der Waals surface area (Å²) < 4.78 is 12.7. The van der Waals surface area contributed by atoms with Crippen LogP contribution in [-0.2, 0) is 5.75 Å². The molecule has 2 nitrogen and oxygen atoms in total. The van der Waals surface area contributed by atoms with Crippen LogP contribution in [0.15, 0.2) is 18.5 Å². The zero-order chi connectivity index (χ0) is 10.4. The molecule has 1 aromatic rings. The molecule has 0 spiro atoms. The van der Waals surface area contributed by atoms with Crippen molar-refractivity contribution in [3.05, 3.63) is 29.8 Å². The van der Waals surface area contributed by atoms with E-state index in [9.17, 15) is 4.39 Å². The molecule has 14 heavy (non-hydrogen) atoms. The number of hydrogen-bond acceptors (Lipinski definition) is 3. The molecule has 78 valence electrons. The van der Waals surface area contributed by atoms with Gasteiger partial charge < -0.3 is 5.73 Å². The topological polar surface area (TPSA) is 38.9 Å². The lowest BCUT2D eigenvalue weighted by Gasteiger charge is -2.08. The van der Waals surface area contributed by atoms with Gasteiger partial charge in [-0.15, -0.1) is 0 Å². The molecule has 1 unspecified atom stereocenters. The summed E-state index contributed by atoms with van der Waals surface area (Å²) in [6, 6.07) is 1.52. The van der Waals surface area contributed by atoms with Crippen molar-refractivity contribution < 1.29 is 4.39 Å². The quantitative estimate of drug-likeness (QED) is 0.816. The first-order valence-corrected chi connectivity index (χ1v) is 5.68. The highest BCUT2D eigenvalue weighted by molar-refractivity contribution is 7.99. The summed E-state index contributed by atoms with van der Waals surface area (Å²) in [6.07, 6.45) is 3.91. The normalized spacial score (nSPS) is 12.8. The highest BCUT2D eigenvalue weighted by Crippen LogP contribution is 2.19. The first-order chi connectivity index (χ1) is 6.72. The van der Waals surface area contributed by atoms with Crippen molar-refractivity contribution in [2.24, 2.45) is 5.73 Å². The first kappa shape index (κ1) is 11.5. The van der Waals surface area contributed by atoms with Gasteiger partial charge >= 0.3 is 0 Å². The van der Waals surface area contributed by atoms with Crippen LogP contribution in [0.4, 0.5) is 4.39 Å². The Morgan fingerprint density at radius 1 is 1.57 bits per heavy atom. The van der Waals surface area contributed by atoms with E-state index in [1.54, 1.807) is 18.0 Å². The van der Waals surface area contributed by atoms with Gasteiger partial charge in [-0.25, -0.2) is 4.39 Å². The highest BCUT2D eigenvalue weighted by atomic mass is 32.2. The number of aromatic nitrogens is 1. The summed E-state index contributed by atoms with van der Waals surface area (Å²) in [5.74, 6) is 0.529. The molecular weight excluding hydrogens is 199 g/mol. The Bertz CT molecular complexity index is 281. The number of nitrogens with zero attached hydrogens (tertiary/aromatic N) is 1. The highest BCUT2D eigenvalue weighted by Gasteiger charge is 2.02. The molecule has 4 heteroatoms. The van der Waals surface area contributed by atoms with Crippen LogP contribution in [-0.4, -0.2) is 16.8 Å². The van der Waals surface area contributed by atoms with E-state index in [0.29, 0.717) is 11.8 Å². The fraction of sp³-hybridized carbons (Fsp3) is 0.500. The molecule has 0 aliphatic carbocycles. The lowest BCUT2D eigenvalue weighted by atomic mass is 10.3. The van der Waals surface area contributed by atoms with Crippen LogP contribution >= 0.6 is 11.8 Å². The first-order valence-electron chi connectivity index (χ1n) is 4.63. The Morgan fingerprint density at radius 2 is 2.36 bits per heavy atom. The summed E-state index contributed by atoms with van der Waals surface area (Å²) in [4.78, 5) is 3.80. The Labute approximate surface area is 88.1 Å². The van der Waals surface area contributed by atoms with Crippen LogP contribution in [0.25, 0.3) is 0 Å². The number of thioether (sulfide) groups is 1. The summed E-state index contributed by atoms with van der Waals surface area (Å²) >= 11 is 1.78. The van der Waals surface area contributed by atoms with Gasteiger partial charge in [0.25, 0.3) is 0 Å². The van der Waals surface area contributed by atoms with E-state index in [2.05, 4.69) is 11.9 Å². The van der Waals surface area contributed by atoms with Gasteiger partial charge in [-0.3, -0.25) is 4.98 Å². The van der Waals surface area contributed by atoms with Gasteiger partial charge in [0.2, 0.25) is 0 Å². The summed E-state index contributed by atoms with van der Waals surface area (Å²) in [7, 11) is 0. The third-order valence-electron chi connectivity index (χ3n) is 1.87. The third-order valence-corrected chi connectivity index (χ3v) is 3.17. The van der Waals surface area contributed by atoms with Crippen LogP contribution in [0, 0.1) is 5.82 Å². The van der Waals surface area contributed by atoms with Crippen molar-refractivity contribution in [2.75, 3.05) is 6.54 Å². The summed E-state index contributed by atoms with van der Waals surface area (Å²) in [5, 5.41) is 0.517. The van der Waals surface area contributed by atoms with Gasteiger partial charge in [0.05, 0.1) is 6.20 Å². The minimum atomic E-state index is -0.269. The summed E-state index contributed by atoms with van der Waals surface area (Å²) in [6.45, 7) is 2.83. The molecule has 0 saturated carbocycles. The average Bonchev–Trinajstić information content (AvgIpc) is 2.15. The van der Waals surface area contributed by atoms with E-state index in [4.69, 9.17) is 5.73 Å². The molecule has 0 aliphatic heterocycles. The molecule has 0 radical (unpaired) electrons. The maximum absolute atomic E-state index is 12.7. The monoisotopic (exact) mass is 214 g/mol. The van der Waals surface area contributed by atoms with Gasteiger partial charge in [0.1, 0.15) is 5.82 Å². The fourth-order valence-electron chi connectivity index (χ4n) is 1.09. The smallest absolute Gasteiger partial charge is 0.141 e. The molecule has 0 aromatic carbocycles. The SMILES string of the molecule is CC(CCN)SCc1cncc(F)c1. The van der Waals surface area contributed by atoms with Gasteiger partial charge in [-0.1, -0.05) is 6.92 Å². The van der Waals surface area contributed by atoms with Crippen molar-refractivity contribution >= 4 is 11.8 Å². The maximum Gasteiger partial charge on any atom is 0.141 e. The predicted molar refractivity (Wildman–Crippen MR) is 58.6 cm³/mol. The molecule has 1 heterocycles. The van der Waals surface area contributed by atoms with Crippen molar-refractivity contribution in [3.8, 4) is 0 Å². The minimum Gasteiger partial charge on any atom is -0.330 e. The average molecular weight is 214 g/mol. The molecule has 0 saturated heterocycles. The van der Waals surface area contributed by atoms with Crippen LogP contribution in [0.2, 0.25) is 0 Å². The van der Waals surface area contributed by atoms with Crippen LogP contribution in [0.1, 0.15) is 18.9 Å². The molecule has 0 amide bonds. The van der Waals surface area contributed by atoms with Gasteiger partial charge in [-0.05, 0) is 24.6 Å². The zero-order valence-electron chi connectivity index (χ0n) is 8.24. The largest absolute Gasteiger partial charge is 0.330 e. The van der Waals surface area contributed by atoms with E-state index >= 15 is 0 Å². The van der Waals surface area contributed by atoms with Gasteiger partial charge in [0, 0.05) is 17.2 Å². The number of hydrogen-bond donors (Lipinski definition) is 1. The molecule has 1 aromatic heterocycles. The van der Waals surface area contributed by atoms with Crippen molar-refractivity contribution in [3.63, 3.8) is 0 Å². The molecule has 1 atom stereocenters. The lowest BCUT2D eigenvalue weighted by Crippen LogP contribution is -2.07. The van der Waals surface area contributed by atoms with Crippen LogP contribution in [0.3, 0.4) is 0 Å². The van der Waals surface area contributed by atoms with Crippen molar-refractivity contribution in [1.29, 1.82) is 0 Å². The Kier molecular flexibility index (Phi) is 4.90. The van der Waals surface area contributed by atoms with E-state index in [0.717, 1.165) is 17.7 Å². The number of rotatable bonds is 5. The van der Waals surface area contributed by atoms with E-state index < -0.39 is 0 Å². The molecule has 0 fully saturated rings. The number of nitrogens with two attached hydrogens (primary N) is 1. The number of halogens is 1. The number of pyridine rings is 1. The van der Waals surface area contributed by atoms with Crippen LogP contribution in [0.5, 0.6) is 0 Å². The summed E-state index contributed by atoms with van der Waals surface area (Å²) in [5.41, 5.74) is 6.37. The Balaban J connectivity index is 2.37. The lowest BCUT2D eigenvalue weighted by molar-refractivity contribution is 0.619. The Hall–Kier alpha value is -0.610. The van der Waals surface area contributed by atoms with E-state index in [1.807, 2.05) is 0 Å². The van der Waals surface area contributed by atoms with Gasteiger partial charge in [-0.2, -0.15) is 11.8 Å². The second kappa shape index (κ2) is 5.98. The Morgan fingerprint density at radius 3 is 3.00 bits per heavy atom. The molecule has 1 rings (SSSR count). The second-order valence-corrected chi connectivity index (χ2v) is 4.64. The van der Waals surface area contributed by atoms with Gasteiger partial charge in [0.15, 0.2) is 0 Å². The minimum absolute atomic E-state index is 0.269. The fourth-order valence-corrected chi connectivity index (χ4v) is 2.03. The van der Waals surface area contributed by atoms with E-state index in [-0.39, 0.29) is 5.82 Å². The standard InChI is InChI=1S/C10H15FN2S/c1-8(2-3-12)14-7-9-4-10(11)6-13-5-9/h4-6,8H,2-3,7,12H2,1H3. The molecular formula is C10H15FN2S. The van der Waals surface area contributed by atoms with Crippen molar-refractivity contribution in [1.82, 2.24) is 4.98 Å². The van der Waals surface area contributed by atoms with E-state index in [1.165, 1.54) is 12.3 Å². The molecule has 0 aliphatic rings. The van der Waals surface area contributed by atoms with Crippen molar-refractivity contribution in [2.45, 2.75) is 24.3 Å². The molecule has 0 bridgehead atoms. The third kappa shape index (κ3) is 4.07. The predicted octanol–water partition coefficient (Wildman–Crippen LogP) is 2.19. The maximum atomic E-state index is 12.7. The molecule has 2 N–H and O–H groups in total. The second-order valence-electron chi connectivity index (χ2n) is 3.21.